The molecule has 1 aromatic carbocycles. The van der Waals surface area contributed by atoms with E-state index in [9.17, 15) is 0 Å². The summed E-state index contributed by atoms with van der Waals surface area (Å²) in [5.74, 6) is 1.47. The first kappa shape index (κ1) is 20.9. The number of nitrogens with one attached hydrogen (secondary N) is 2. The number of hydrogen-bond donors (Lipinski definition) is 2. The molecule has 0 aliphatic carbocycles. The third kappa shape index (κ3) is 3.51. The average molecular weight is 534 g/mol. The molecule has 2 aromatic heterocycles. The van der Waals surface area contributed by atoms with Gasteiger partial charge in [0.15, 0.2) is 5.11 Å². The van der Waals surface area contributed by atoms with E-state index < -0.39 is 0 Å². The highest BCUT2D eigenvalue weighted by atomic mass is 127. The molecule has 156 valence electrons. The van der Waals surface area contributed by atoms with E-state index >= 15 is 0 Å². The number of H-pyrrole nitrogens is 1. The van der Waals surface area contributed by atoms with Gasteiger partial charge >= 0.3 is 0 Å². The van der Waals surface area contributed by atoms with Crippen LogP contribution in [0.1, 0.15) is 34.7 Å². The number of anilines is 1. The predicted octanol–water partition coefficient (Wildman–Crippen LogP) is 4.83. The first-order valence-electron chi connectivity index (χ1n) is 9.53. The molecule has 4 rings (SSSR count). The van der Waals surface area contributed by atoms with Gasteiger partial charge in [0.05, 0.1) is 37.7 Å². The smallest absolute Gasteiger partial charge is 0.174 e. The van der Waals surface area contributed by atoms with E-state index in [-0.39, 0.29) is 12.1 Å². The van der Waals surface area contributed by atoms with Crippen molar-refractivity contribution in [3.63, 3.8) is 0 Å². The molecular weight excluding hydrogens is 511 g/mol. The maximum absolute atomic E-state index is 5.84. The van der Waals surface area contributed by atoms with Crippen molar-refractivity contribution in [1.82, 2.24) is 15.3 Å². The number of aromatic nitrogens is 2. The van der Waals surface area contributed by atoms with Crippen molar-refractivity contribution < 1.29 is 9.47 Å². The van der Waals surface area contributed by atoms with E-state index in [0.29, 0.717) is 5.11 Å². The minimum atomic E-state index is -0.114. The highest BCUT2D eigenvalue weighted by Crippen LogP contribution is 2.47. The van der Waals surface area contributed by atoms with E-state index in [4.69, 9.17) is 21.7 Å². The molecule has 1 aliphatic rings. The van der Waals surface area contributed by atoms with E-state index in [1.165, 1.54) is 9.13 Å². The van der Waals surface area contributed by atoms with Crippen LogP contribution in [-0.2, 0) is 0 Å². The van der Waals surface area contributed by atoms with Gasteiger partial charge in [0.1, 0.15) is 11.5 Å². The van der Waals surface area contributed by atoms with Crippen molar-refractivity contribution in [2.75, 3.05) is 19.1 Å². The summed E-state index contributed by atoms with van der Waals surface area (Å²) in [5.41, 5.74) is 5.23. The molecule has 1 saturated heterocycles. The number of rotatable bonds is 5. The lowest BCUT2D eigenvalue weighted by molar-refractivity contribution is 0.403. The second kappa shape index (κ2) is 8.43. The van der Waals surface area contributed by atoms with Gasteiger partial charge in [-0.2, -0.15) is 0 Å². The van der Waals surface area contributed by atoms with Crippen LogP contribution in [-0.4, -0.2) is 29.3 Å². The van der Waals surface area contributed by atoms with E-state index in [1.807, 2.05) is 42.6 Å². The summed E-state index contributed by atoms with van der Waals surface area (Å²) in [6.07, 6.45) is 1.81. The standard InChI is InChI=1S/C22H23IN4O2S/c1-12-18(19(23)13(2)25-12)21-20(15-7-5-6-10-24-15)26-22(30)27(21)16-11-14(28-3)8-9-17(16)29-4/h5-11,20-21,25H,1-4H3,(H,26,30)/t20-,21+/m0/s1. The zero-order chi connectivity index (χ0) is 21.4. The number of ether oxygens (including phenoxy) is 2. The van der Waals surface area contributed by atoms with E-state index in [0.717, 1.165) is 34.3 Å². The summed E-state index contributed by atoms with van der Waals surface area (Å²) in [5, 5.41) is 4.12. The summed E-state index contributed by atoms with van der Waals surface area (Å²) in [6, 6.07) is 11.5. The number of aromatic amines is 1. The lowest BCUT2D eigenvalue weighted by Crippen LogP contribution is -2.30. The van der Waals surface area contributed by atoms with Crippen molar-refractivity contribution >= 4 is 45.6 Å². The van der Waals surface area contributed by atoms with Crippen LogP contribution < -0.4 is 19.7 Å². The van der Waals surface area contributed by atoms with Gasteiger partial charge < -0.3 is 24.7 Å². The Morgan fingerprint density at radius 3 is 2.50 bits per heavy atom. The average Bonchev–Trinajstić information content (AvgIpc) is 3.22. The molecule has 6 nitrogen and oxygen atoms in total. The molecule has 0 spiro atoms. The maximum Gasteiger partial charge on any atom is 0.174 e. The van der Waals surface area contributed by atoms with Gasteiger partial charge in [0.2, 0.25) is 0 Å². The van der Waals surface area contributed by atoms with Crippen molar-refractivity contribution in [1.29, 1.82) is 0 Å². The number of pyridine rings is 1. The number of nitrogens with zero attached hydrogens (tertiary/aromatic N) is 2. The second-order valence-corrected chi connectivity index (χ2v) is 8.60. The number of benzene rings is 1. The van der Waals surface area contributed by atoms with E-state index in [2.05, 4.69) is 56.6 Å². The zero-order valence-electron chi connectivity index (χ0n) is 17.2. The highest BCUT2D eigenvalue weighted by molar-refractivity contribution is 14.1. The molecule has 3 heterocycles. The highest BCUT2D eigenvalue weighted by Gasteiger charge is 2.44. The molecule has 0 bridgehead atoms. The van der Waals surface area contributed by atoms with Gasteiger partial charge in [-0.3, -0.25) is 4.98 Å². The van der Waals surface area contributed by atoms with Crippen LogP contribution in [0.3, 0.4) is 0 Å². The van der Waals surface area contributed by atoms with Gasteiger partial charge in [0.25, 0.3) is 0 Å². The fraction of sp³-hybridized carbons (Fsp3) is 0.273. The molecule has 0 radical (unpaired) electrons. The van der Waals surface area contributed by atoms with Crippen molar-refractivity contribution in [2.24, 2.45) is 0 Å². The Kier molecular flexibility index (Phi) is 5.88. The first-order chi connectivity index (χ1) is 14.5. The predicted molar refractivity (Wildman–Crippen MR) is 130 cm³/mol. The van der Waals surface area contributed by atoms with Crippen molar-refractivity contribution in [3.8, 4) is 11.5 Å². The lowest BCUT2D eigenvalue weighted by atomic mass is 9.96. The number of hydrogen-bond acceptors (Lipinski definition) is 4. The van der Waals surface area contributed by atoms with Crippen molar-refractivity contribution in [2.45, 2.75) is 25.9 Å². The largest absolute Gasteiger partial charge is 0.497 e. The van der Waals surface area contributed by atoms with Crippen LogP contribution in [0, 0.1) is 17.4 Å². The lowest BCUT2D eigenvalue weighted by Gasteiger charge is -2.29. The zero-order valence-corrected chi connectivity index (χ0v) is 20.2. The fourth-order valence-electron chi connectivity index (χ4n) is 4.01. The monoisotopic (exact) mass is 534 g/mol. The number of aryl methyl sites for hydroxylation is 2. The number of halogens is 1. The molecular formula is C22H23IN4O2S. The third-order valence-corrected chi connectivity index (χ3v) is 7.09. The van der Waals surface area contributed by atoms with Gasteiger partial charge in [-0.15, -0.1) is 0 Å². The Bertz CT molecular complexity index is 1090. The van der Waals surface area contributed by atoms with Crippen LogP contribution in [0.5, 0.6) is 11.5 Å². The number of thiocarbonyl (C=S) groups is 1. The molecule has 8 heteroatoms. The fourth-order valence-corrected chi connectivity index (χ4v) is 5.21. The van der Waals surface area contributed by atoms with Crippen LogP contribution >= 0.6 is 34.8 Å². The molecule has 0 unspecified atom stereocenters. The van der Waals surface area contributed by atoms with E-state index in [1.54, 1.807) is 14.2 Å². The Labute approximate surface area is 195 Å². The SMILES string of the molecule is COc1ccc(OC)c(N2C(=S)N[C@@H](c3ccccn3)[C@H]2c2c(C)[nH]c(C)c2I)c1. The topological polar surface area (TPSA) is 62.4 Å². The van der Waals surface area contributed by atoms with Gasteiger partial charge in [-0.05, 0) is 72.9 Å². The molecule has 30 heavy (non-hydrogen) atoms. The normalized spacial score (nSPS) is 18.4. The molecule has 1 fully saturated rings. The maximum atomic E-state index is 5.84. The summed E-state index contributed by atoms with van der Waals surface area (Å²) in [6.45, 7) is 4.19. The summed E-state index contributed by atoms with van der Waals surface area (Å²) in [4.78, 5) is 10.2. The Morgan fingerprint density at radius 1 is 1.10 bits per heavy atom. The van der Waals surface area contributed by atoms with Gasteiger partial charge in [-0.25, -0.2) is 0 Å². The van der Waals surface area contributed by atoms with Crippen LogP contribution in [0.2, 0.25) is 0 Å². The molecule has 0 saturated carbocycles. The van der Waals surface area contributed by atoms with Crippen molar-refractivity contribution in [3.05, 3.63) is 68.8 Å². The quantitative estimate of drug-likeness (QED) is 0.362. The van der Waals surface area contributed by atoms with Crippen LogP contribution in [0.25, 0.3) is 0 Å². The Hall–Kier alpha value is -2.33. The summed E-state index contributed by atoms with van der Waals surface area (Å²) < 4.78 is 12.4. The third-order valence-electron chi connectivity index (χ3n) is 5.38. The molecule has 3 aromatic rings. The molecule has 0 amide bonds. The molecule has 1 aliphatic heterocycles. The second-order valence-electron chi connectivity index (χ2n) is 7.14. The molecule has 2 atom stereocenters. The Morgan fingerprint density at radius 2 is 1.90 bits per heavy atom. The van der Waals surface area contributed by atoms with Crippen LogP contribution in [0.15, 0.2) is 42.6 Å². The number of methoxy groups -OCH3 is 2. The minimum absolute atomic E-state index is 0.106. The van der Waals surface area contributed by atoms with Gasteiger partial charge in [-0.1, -0.05) is 6.07 Å². The summed E-state index contributed by atoms with van der Waals surface area (Å²) >= 11 is 8.24. The molecule has 2 N–H and O–H groups in total. The minimum Gasteiger partial charge on any atom is -0.497 e. The van der Waals surface area contributed by atoms with Gasteiger partial charge in [0, 0.05) is 32.8 Å². The first-order valence-corrected chi connectivity index (χ1v) is 11.0. The summed E-state index contributed by atoms with van der Waals surface area (Å²) in [7, 11) is 3.32. The Balaban J connectivity index is 1.94. The van der Waals surface area contributed by atoms with Crippen LogP contribution in [0.4, 0.5) is 5.69 Å².